The van der Waals surface area contributed by atoms with Crippen LogP contribution in [0.5, 0.6) is 0 Å². The lowest BCUT2D eigenvalue weighted by Crippen LogP contribution is -2.35. The van der Waals surface area contributed by atoms with Crippen LogP contribution in [0, 0.1) is 10.1 Å². The lowest BCUT2D eigenvalue weighted by molar-refractivity contribution is -0.385. The Hall–Kier alpha value is -3.31. The van der Waals surface area contributed by atoms with Gasteiger partial charge in [0.05, 0.1) is 15.4 Å². The molecule has 0 saturated carbocycles. The van der Waals surface area contributed by atoms with Gasteiger partial charge < -0.3 is 10.4 Å². The molecular formula is C19H19N3O7S. The zero-order chi connectivity index (χ0) is 21.9. The van der Waals surface area contributed by atoms with E-state index in [1.807, 2.05) is 0 Å². The van der Waals surface area contributed by atoms with Gasteiger partial charge in [0, 0.05) is 24.8 Å². The second-order valence-electron chi connectivity index (χ2n) is 6.71. The van der Waals surface area contributed by atoms with Crippen LogP contribution in [-0.2, 0) is 10.0 Å². The first-order valence-electron chi connectivity index (χ1n) is 9.14. The monoisotopic (exact) mass is 433 g/mol. The summed E-state index contributed by atoms with van der Waals surface area (Å²) in [5.41, 5.74) is -1.57. The lowest BCUT2D eigenvalue weighted by Gasteiger charge is -2.25. The van der Waals surface area contributed by atoms with E-state index in [4.69, 9.17) is 0 Å². The first-order chi connectivity index (χ1) is 14.2. The number of carboxylic acids is 1. The van der Waals surface area contributed by atoms with Gasteiger partial charge in [-0.25, -0.2) is 13.2 Å². The van der Waals surface area contributed by atoms with Gasteiger partial charge in [0.25, 0.3) is 11.6 Å². The second-order valence-corrected chi connectivity index (χ2v) is 8.64. The van der Waals surface area contributed by atoms with Gasteiger partial charge in [0.2, 0.25) is 10.0 Å². The van der Waals surface area contributed by atoms with E-state index >= 15 is 0 Å². The number of piperidine rings is 1. The molecule has 30 heavy (non-hydrogen) atoms. The summed E-state index contributed by atoms with van der Waals surface area (Å²) in [5, 5.41) is 22.8. The van der Waals surface area contributed by atoms with Gasteiger partial charge in [-0.15, -0.1) is 0 Å². The zero-order valence-electron chi connectivity index (χ0n) is 15.8. The number of nitro groups is 1. The minimum Gasteiger partial charge on any atom is -0.477 e. The maximum Gasteiger partial charge on any atom is 0.343 e. The second kappa shape index (κ2) is 8.59. The molecule has 2 aromatic carbocycles. The summed E-state index contributed by atoms with van der Waals surface area (Å²) in [7, 11) is -3.62. The fraction of sp³-hybridized carbons (Fsp3) is 0.263. The highest BCUT2D eigenvalue weighted by molar-refractivity contribution is 7.89. The van der Waals surface area contributed by atoms with Crippen LogP contribution in [0.2, 0.25) is 0 Å². The molecule has 1 aliphatic heterocycles. The summed E-state index contributed by atoms with van der Waals surface area (Å²) in [5.74, 6) is -2.46. The first kappa shape index (κ1) is 21.4. The number of nitro benzene ring substituents is 1. The van der Waals surface area contributed by atoms with Crippen LogP contribution in [-0.4, -0.2) is 47.7 Å². The Morgan fingerprint density at radius 1 is 1.03 bits per heavy atom. The van der Waals surface area contributed by atoms with Gasteiger partial charge in [-0.3, -0.25) is 14.9 Å². The standard InChI is InChI=1S/C19H19N3O7S/c23-18(15-5-4-6-16(22(26)27)17(15)19(24)25)20-13-7-9-14(10-8-13)30(28,29)21-11-2-1-3-12-21/h4-10H,1-3,11-12H2,(H,20,23)(H,24,25). The predicted molar refractivity (Wildman–Crippen MR) is 107 cm³/mol. The number of carboxylic acid groups (broad SMARTS) is 1. The molecule has 3 rings (SSSR count). The average Bonchev–Trinajstić information content (AvgIpc) is 2.74. The maximum atomic E-state index is 12.7. The molecule has 1 amide bonds. The van der Waals surface area contributed by atoms with Crippen molar-refractivity contribution in [3.8, 4) is 0 Å². The van der Waals surface area contributed by atoms with E-state index in [0.717, 1.165) is 25.3 Å². The average molecular weight is 433 g/mol. The molecule has 2 aromatic rings. The Morgan fingerprint density at radius 3 is 2.23 bits per heavy atom. The van der Waals surface area contributed by atoms with Gasteiger partial charge in [-0.2, -0.15) is 4.31 Å². The number of amides is 1. The normalized spacial score (nSPS) is 14.8. The number of aromatic carboxylic acids is 1. The van der Waals surface area contributed by atoms with Gasteiger partial charge in [-0.05, 0) is 43.2 Å². The van der Waals surface area contributed by atoms with E-state index in [0.29, 0.717) is 13.1 Å². The van der Waals surface area contributed by atoms with Gasteiger partial charge in [-0.1, -0.05) is 12.5 Å². The third-order valence-corrected chi connectivity index (χ3v) is 6.68. The zero-order valence-corrected chi connectivity index (χ0v) is 16.6. The Labute approximate surface area is 172 Å². The van der Waals surface area contributed by atoms with Crippen LogP contribution >= 0.6 is 0 Å². The number of carbonyl (C=O) groups is 2. The Balaban J connectivity index is 1.83. The SMILES string of the molecule is O=C(Nc1ccc(S(=O)(=O)N2CCCCC2)cc1)c1cccc([N+](=O)[O-])c1C(=O)O. The molecule has 1 saturated heterocycles. The topological polar surface area (TPSA) is 147 Å². The van der Waals surface area contributed by atoms with Crippen molar-refractivity contribution in [2.45, 2.75) is 24.2 Å². The van der Waals surface area contributed by atoms with Crippen LogP contribution in [0.4, 0.5) is 11.4 Å². The molecule has 1 aliphatic rings. The molecule has 0 unspecified atom stereocenters. The fourth-order valence-electron chi connectivity index (χ4n) is 3.27. The Kier molecular flexibility index (Phi) is 6.13. The molecule has 0 aliphatic carbocycles. The summed E-state index contributed by atoms with van der Waals surface area (Å²) >= 11 is 0. The van der Waals surface area contributed by atoms with Crippen LogP contribution in [0.15, 0.2) is 47.4 Å². The molecule has 1 fully saturated rings. The molecule has 0 spiro atoms. The van der Waals surface area contributed by atoms with E-state index < -0.39 is 38.1 Å². The van der Waals surface area contributed by atoms with Crippen molar-refractivity contribution in [1.82, 2.24) is 4.31 Å². The van der Waals surface area contributed by atoms with Crippen LogP contribution < -0.4 is 5.32 Å². The van der Waals surface area contributed by atoms with Crippen molar-refractivity contribution in [2.75, 3.05) is 18.4 Å². The Morgan fingerprint density at radius 2 is 1.67 bits per heavy atom. The number of rotatable bonds is 6. The third-order valence-electron chi connectivity index (χ3n) is 4.76. The quantitative estimate of drug-likeness (QED) is 0.526. The number of carbonyl (C=O) groups excluding carboxylic acids is 1. The van der Waals surface area contributed by atoms with Crippen molar-refractivity contribution in [2.24, 2.45) is 0 Å². The highest BCUT2D eigenvalue weighted by atomic mass is 32.2. The molecule has 2 N–H and O–H groups in total. The van der Waals surface area contributed by atoms with Crippen LogP contribution in [0.1, 0.15) is 40.0 Å². The highest BCUT2D eigenvalue weighted by Gasteiger charge is 2.28. The third kappa shape index (κ3) is 4.31. The molecule has 0 atom stereocenters. The number of nitrogens with one attached hydrogen (secondary N) is 1. The maximum absolute atomic E-state index is 12.7. The number of benzene rings is 2. The molecule has 1 heterocycles. The fourth-order valence-corrected chi connectivity index (χ4v) is 4.79. The molecule has 0 aromatic heterocycles. The summed E-state index contributed by atoms with van der Waals surface area (Å²) in [6.07, 6.45) is 2.61. The van der Waals surface area contributed by atoms with E-state index in [1.165, 1.54) is 40.7 Å². The predicted octanol–water partition coefficient (Wildman–Crippen LogP) is 2.72. The number of hydrogen-bond donors (Lipinski definition) is 2. The summed E-state index contributed by atoms with van der Waals surface area (Å²) in [4.78, 5) is 34.3. The van der Waals surface area contributed by atoms with Crippen molar-refractivity contribution in [3.63, 3.8) is 0 Å². The smallest absolute Gasteiger partial charge is 0.343 e. The summed E-state index contributed by atoms with van der Waals surface area (Å²) in [6.45, 7) is 0.928. The molecule has 11 heteroatoms. The minimum atomic E-state index is -3.62. The molecular weight excluding hydrogens is 414 g/mol. The number of anilines is 1. The van der Waals surface area contributed by atoms with Crippen molar-refractivity contribution < 1.29 is 28.0 Å². The first-order valence-corrected chi connectivity index (χ1v) is 10.6. The van der Waals surface area contributed by atoms with Crippen LogP contribution in [0.3, 0.4) is 0 Å². The number of nitrogens with zero attached hydrogens (tertiary/aromatic N) is 2. The number of hydrogen-bond acceptors (Lipinski definition) is 6. The van der Waals surface area contributed by atoms with Gasteiger partial charge in [0.15, 0.2) is 0 Å². The molecule has 158 valence electrons. The summed E-state index contributed by atoms with van der Waals surface area (Å²) in [6, 6.07) is 8.85. The lowest BCUT2D eigenvalue weighted by atomic mass is 10.0. The van der Waals surface area contributed by atoms with Crippen molar-refractivity contribution in [3.05, 3.63) is 63.7 Å². The minimum absolute atomic E-state index is 0.0870. The largest absolute Gasteiger partial charge is 0.477 e. The van der Waals surface area contributed by atoms with E-state index in [2.05, 4.69) is 5.32 Å². The van der Waals surface area contributed by atoms with Crippen molar-refractivity contribution >= 4 is 33.3 Å². The van der Waals surface area contributed by atoms with Crippen molar-refractivity contribution in [1.29, 1.82) is 0 Å². The molecule has 10 nitrogen and oxygen atoms in total. The molecule has 0 radical (unpaired) electrons. The summed E-state index contributed by atoms with van der Waals surface area (Å²) < 4.78 is 26.8. The van der Waals surface area contributed by atoms with E-state index in [9.17, 15) is 33.2 Å². The highest BCUT2D eigenvalue weighted by Crippen LogP contribution is 2.25. The Bertz CT molecular complexity index is 1090. The number of sulfonamides is 1. The van der Waals surface area contributed by atoms with Crippen LogP contribution in [0.25, 0.3) is 0 Å². The van der Waals surface area contributed by atoms with Gasteiger partial charge in [0.1, 0.15) is 5.56 Å². The van der Waals surface area contributed by atoms with E-state index in [-0.39, 0.29) is 16.1 Å². The molecule has 0 bridgehead atoms. The van der Waals surface area contributed by atoms with E-state index in [1.54, 1.807) is 0 Å². The van der Waals surface area contributed by atoms with Gasteiger partial charge >= 0.3 is 5.97 Å².